The molecule has 0 radical (unpaired) electrons. The highest BCUT2D eigenvalue weighted by molar-refractivity contribution is 7.33. The molecule has 0 amide bonds. The largest absolute Gasteiger partial charge is 0.380 e. The Bertz CT molecular complexity index is 670. The van der Waals surface area contributed by atoms with Gasteiger partial charge in [0.15, 0.2) is 0 Å². The normalized spacial score (nSPS) is 14.5. The Morgan fingerprint density at radius 2 is 1.17 bits per heavy atom. The van der Waals surface area contributed by atoms with Crippen LogP contribution in [0.1, 0.15) is 16.9 Å². The highest BCUT2D eigenvalue weighted by Gasteiger charge is 2.45. The van der Waals surface area contributed by atoms with E-state index in [2.05, 4.69) is 92.7 Å². The second-order valence-electron chi connectivity index (χ2n) is 8.89. The Labute approximate surface area is 143 Å². The second-order valence-corrected chi connectivity index (χ2v) is 19.0. The minimum atomic E-state index is -1.37. The van der Waals surface area contributed by atoms with Crippen LogP contribution in [-0.2, 0) is 0 Å². The van der Waals surface area contributed by atoms with E-state index in [0.29, 0.717) is 12.3 Å². The van der Waals surface area contributed by atoms with Crippen molar-refractivity contribution >= 4 is 22.6 Å². The van der Waals surface area contributed by atoms with Gasteiger partial charge < -0.3 is 4.89 Å². The smallest absolute Gasteiger partial charge is 0.214 e. The first-order chi connectivity index (χ1) is 10.7. The molecule has 0 aliphatic heterocycles. The summed E-state index contributed by atoms with van der Waals surface area (Å²) in [7, 11) is -2.73. The molecule has 2 aromatic carbocycles. The molecule has 3 rings (SSSR count). The Morgan fingerprint density at radius 1 is 0.739 bits per heavy atom. The molecule has 23 heavy (non-hydrogen) atoms. The summed E-state index contributed by atoms with van der Waals surface area (Å²) >= 11 is 0. The van der Waals surface area contributed by atoms with Gasteiger partial charge in [-0.2, -0.15) is 0 Å². The second kappa shape index (κ2) is 5.76. The Balaban J connectivity index is 2.16. The van der Waals surface area contributed by atoms with Gasteiger partial charge in [0.2, 0.25) is 6.44 Å². The molecule has 1 aliphatic rings. The lowest BCUT2D eigenvalue weighted by molar-refractivity contribution is 1.13. The molecular weight excluding hydrogens is 309 g/mol. The highest BCUT2D eigenvalue weighted by atomic mass is 28.3. The van der Waals surface area contributed by atoms with E-state index in [4.69, 9.17) is 0 Å². The maximum absolute atomic E-state index is 4.12. The highest BCUT2D eigenvalue weighted by Crippen LogP contribution is 2.46. The molecule has 120 valence electrons. The molecule has 1 aliphatic carbocycles. The predicted octanol–water partition coefficient (Wildman–Crippen LogP) is 5.17. The molecule has 0 aromatic heterocycles. The molecule has 0 fully saturated rings. The summed E-state index contributed by atoms with van der Waals surface area (Å²) in [6, 6.07) is 18.0. The molecule has 0 saturated carbocycles. The lowest BCUT2D eigenvalue weighted by Gasteiger charge is -2.37. The summed E-state index contributed by atoms with van der Waals surface area (Å²) in [4.78, 5) is 4.12. The molecule has 2 aromatic rings. The standard InChI is InChI=1S/C19H28BNSi2/c1-22(2,3)20(21-23(4,5)6)19-17-13-9-7-11-15(17)16-12-8-10-14-18(16)19/h7-14,19,21H,1-6H3. The third kappa shape index (κ3) is 3.25. The van der Waals surface area contributed by atoms with Crippen molar-refractivity contribution in [3.05, 3.63) is 59.7 Å². The van der Waals surface area contributed by atoms with E-state index in [1.807, 2.05) is 0 Å². The monoisotopic (exact) mass is 337 g/mol. The number of fused-ring (bicyclic) bond motifs is 3. The molecule has 0 saturated heterocycles. The molecule has 1 N–H and O–H groups in total. The van der Waals surface area contributed by atoms with Gasteiger partial charge in [0.25, 0.3) is 0 Å². The number of benzene rings is 2. The zero-order chi connectivity index (χ0) is 16.8. The summed E-state index contributed by atoms with van der Waals surface area (Å²) in [6.07, 6.45) is 0.582. The van der Waals surface area contributed by atoms with Crippen molar-refractivity contribution in [2.45, 2.75) is 45.1 Å². The third-order valence-electron chi connectivity index (χ3n) is 4.74. The maximum atomic E-state index is 4.12. The average Bonchev–Trinajstić information content (AvgIpc) is 2.77. The average molecular weight is 337 g/mol. The lowest BCUT2D eigenvalue weighted by Crippen LogP contribution is -2.64. The minimum Gasteiger partial charge on any atom is -0.380 e. The van der Waals surface area contributed by atoms with Crippen LogP contribution in [0.15, 0.2) is 48.5 Å². The topological polar surface area (TPSA) is 12.0 Å². The lowest BCUT2D eigenvalue weighted by atomic mass is 9.68. The first-order valence-electron chi connectivity index (χ1n) is 8.64. The van der Waals surface area contributed by atoms with Gasteiger partial charge in [0.05, 0.1) is 0 Å². The van der Waals surface area contributed by atoms with E-state index < -0.39 is 16.2 Å². The van der Waals surface area contributed by atoms with Crippen LogP contribution in [0.3, 0.4) is 0 Å². The zero-order valence-electron chi connectivity index (χ0n) is 15.3. The molecule has 0 heterocycles. The predicted molar refractivity (Wildman–Crippen MR) is 109 cm³/mol. The number of nitrogens with one attached hydrogen (secondary N) is 1. The van der Waals surface area contributed by atoms with Gasteiger partial charge in [-0.1, -0.05) is 87.8 Å². The van der Waals surface area contributed by atoms with Crippen LogP contribution in [0.4, 0.5) is 0 Å². The molecule has 0 atom stereocenters. The van der Waals surface area contributed by atoms with Crippen LogP contribution in [0.2, 0.25) is 39.3 Å². The molecule has 4 heteroatoms. The van der Waals surface area contributed by atoms with Crippen molar-refractivity contribution in [2.75, 3.05) is 0 Å². The summed E-state index contributed by atoms with van der Waals surface area (Å²) in [6.45, 7) is 14.8. The van der Waals surface area contributed by atoms with Gasteiger partial charge in [0, 0.05) is 13.8 Å². The molecule has 0 unspecified atom stereocenters. The van der Waals surface area contributed by atoms with E-state index in [0.717, 1.165) is 0 Å². The van der Waals surface area contributed by atoms with E-state index in [1.54, 1.807) is 0 Å². The molecule has 1 nitrogen and oxygen atoms in total. The molecule has 0 spiro atoms. The van der Waals surface area contributed by atoms with Crippen molar-refractivity contribution in [2.24, 2.45) is 0 Å². The van der Waals surface area contributed by atoms with Crippen LogP contribution in [0.25, 0.3) is 11.1 Å². The quantitative estimate of drug-likeness (QED) is 0.759. The van der Waals surface area contributed by atoms with Gasteiger partial charge in [-0.25, -0.2) is 0 Å². The summed E-state index contributed by atoms with van der Waals surface area (Å²) in [5, 5.41) is 0. The molecule has 0 bridgehead atoms. The van der Waals surface area contributed by atoms with Crippen molar-refractivity contribution in [1.82, 2.24) is 4.89 Å². The van der Waals surface area contributed by atoms with E-state index in [1.165, 1.54) is 22.3 Å². The fraction of sp³-hybridized carbons (Fsp3) is 0.368. The van der Waals surface area contributed by atoms with Gasteiger partial charge in [-0.3, -0.25) is 0 Å². The van der Waals surface area contributed by atoms with Crippen molar-refractivity contribution in [3.63, 3.8) is 0 Å². The van der Waals surface area contributed by atoms with Crippen molar-refractivity contribution in [3.8, 4) is 11.1 Å². The number of hydrogen-bond donors (Lipinski definition) is 1. The number of rotatable bonds is 4. The molecular formula is C19H28BNSi2. The van der Waals surface area contributed by atoms with Gasteiger partial charge in [0.1, 0.15) is 8.24 Å². The summed E-state index contributed by atoms with van der Waals surface area (Å²) < 4.78 is 0. The third-order valence-corrected chi connectivity index (χ3v) is 8.55. The van der Waals surface area contributed by atoms with Crippen LogP contribution < -0.4 is 4.89 Å². The van der Waals surface area contributed by atoms with E-state index in [9.17, 15) is 0 Å². The minimum absolute atomic E-state index is 0.501. The summed E-state index contributed by atoms with van der Waals surface area (Å²) in [5.74, 6) is 0.501. The summed E-state index contributed by atoms with van der Waals surface area (Å²) in [5.41, 5.74) is 5.92. The van der Waals surface area contributed by atoms with Crippen LogP contribution >= 0.6 is 0 Å². The fourth-order valence-corrected chi connectivity index (χ4v) is 9.31. The SMILES string of the molecule is C[Si](C)(C)NB(C1c2ccccc2-c2ccccc21)[Si](C)(C)C. The van der Waals surface area contributed by atoms with Crippen molar-refractivity contribution < 1.29 is 0 Å². The van der Waals surface area contributed by atoms with E-state index in [-0.39, 0.29) is 0 Å². The Hall–Kier alpha value is -1.10. The van der Waals surface area contributed by atoms with Gasteiger partial charge in [-0.15, -0.1) is 0 Å². The Kier molecular flexibility index (Phi) is 4.19. The first-order valence-corrected chi connectivity index (χ1v) is 15.7. The Morgan fingerprint density at radius 3 is 1.57 bits per heavy atom. The number of hydrogen-bond acceptors (Lipinski definition) is 1. The first kappa shape index (κ1) is 16.7. The maximum Gasteiger partial charge on any atom is 0.214 e. The van der Waals surface area contributed by atoms with Crippen LogP contribution in [0, 0.1) is 0 Å². The van der Waals surface area contributed by atoms with Gasteiger partial charge in [-0.05, 0) is 22.3 Å². The van der Waals surface area contributed by atoms with Crippen molar-refractivity contribution in [1.29, 1.82) is 0 Å². The van der Waals surface area contributed by atoms with Crippen LogP contribution in [-0.4, -0.2) is 22.6 Å². The zero-order valence-corrected chi connectivity index (χ0v) is 17.3. The van der Waals surface area contributed by atoms with Gasteiger partial charge >= 0.3 is 0 Å². The fourth-order valence-electron chi connectivity index (χ4n) is 3.82. The van der Waals surface area contributed by atoms with Crippen LogP contribution in [0.5, 0.6) is 0 Å². The van der Waals surface area contributed by atoms with E-state index >= 15 is 0 Å².